The van der Waals surface area contributed by atoms with Crippen molar-refractivity contribution in [3.05, 3.63) is 23.9 Å². The van der Waals surface area contributed by atoms with Gasteiger partial charge >= 0.3 is 0 Å². The van der Waals surface area contributed by atoms with Crippen molar-refractivity contribution in [1.82, 2.24) is 25.6 Å². The number of hydrogen-bond acceptors (Lipinski definition) is 6. The van der Waals surface area contributed by atoms with Crippen molar-refractivity contribution in [1.29, 1.82) is 0 Å². The maximum Gasteiger partial charge on any atom is 0.278 e. The second-order valence-corrected chi connectivity index (χ2v) is 3.17. The molecule has 4 N–H and O–H groups in total. The monoisotopic (exact) mass is 222 g/mol. The average molecular weight is 222 g/mol. The number of imidazole rings is 1. The molecule has 0 aromatic carbocycles. The lowest BCUT2D eigenvalue weighted by atomic mass is 10.3. The van der Waals surface area contributed by atoms with E-state index in [0.717, 1.165) is 0 Å². The molecule has 1 atom stereocenters. The van der Waals surface area contributed by atoms with Crippen LogP contribution in [0.4, 0.5) is 5.82 Å². The largest absolute Gasteiger partial charge is 0.379 e. The molecule has 8 heteroatoms. The Balaban J connectivity index is 2.06. The molecule has 0 spiro atoms. The molecule has 0 saturated heterocycles. The van der Waals surface area contributed by atoms with Gasteiger partial charge in [-0.2, -0.15) is 0 Å². The van der Waals surface area contributed by atoms with E-state index in [9.17, 15) is 4.79 Å². The van der Waals surface area contributed by atoms with Gasteiger partial charge in [-0.25, -0.2) is 9.61 Å². The van der Waals surface area contributed by atoms with Gasteiger partial charge < -0.3 is 16.0 Å². The number of nitrogens with zero attached hydrogens (tertiary/aromatic N) is 3. The molecular weight excluding hydrogens is 212 g/mol. The fraction of sp³-hybridized carbons (Fsp3) is 0.250. The van der Waals surface area contributed by atoms with Crippen LogP contribution in [-0.2, 0) is 0 Å². The van der Waals surface area contributed by atoms with E-state index in [0.29, 0.717) is 5.82 Å². The summed E-state index contributed by atoms with van der Waals surface area (Å²) in [6.07, 6.45) is 3.27. The molecule has 0 radical (unpaired) electrons. The van der Waals surface area contributed by atoms with Gasteiger partial charge in [0.05, 0.1) is 6.04 Å². The summed E-state index contributed by atoms with van der Waals surface area (Å²) in [5.41, 5.74) is 5.35. The lowest BCUT2D eigenvalue weighted by Crippen LogP contribution is -2.28. The van der Waals surface area contributed by atoms with Gasteiger partial charge in [0.2, 0.25) is 11.5 Å². The molecular formula is C8H10N6O2. The van der Waals surface area contributed by atoms with Crippen LogP contribution in [0.25, 0.3) is 0 Å². The number of carbonyl (C=O) groups is 1. The highest BCUT2D eigenvalue weighted by Crippen LogP contribution is 2.09. The van der Waals surface area contributed by atoms with Crippen LogP contribution in [0.5, 0.6) is 0 Å². The summed E-state index contributed by atoms with van der Waals surface area (Å²) in [6.45, 7) is 1.78. The minimum absolute atomic E-state index is 0.0293. The van der Waals surface area contributed by atoms with Crippen molar-refractivity contribution >= 4 is 11.7 Å². The minimum atomic E-state index is -0.456. The average Bonchev–Trinajstić information content (AvgIpc) is 2.86. The van der Waals surface area contributed by atoms with Gasteiger partial charge in [-0.3, -0.25) is 4.79 Å². The van der Waals surface area contributed by atoms with Gasteiger partial charge in [-0.1, -0.05) is 0 Å². The molecule has 0 aliphatic rings. The zero-order chi connectivity index (χ0) is 11.5. The van der Waals surface area contributed by atoms with Crippen molar-refractivity contribution in [3.8, 4) is 0 Å². The Hall–Kier alpha value is -2.38. The molecule has 0 aliphatic heterocycles. The van der Waals surface area contributed by atoms with Crippen LogP contribution in [0.3, 0.4) is 0 Å². The summed E-state index contributed by atoms with van der Waals surface area (Å²) in [4.78, 5) is 18.5. The predicted molar refractivity (Wildman–Crippen MR) is 53.2 cm³/mol. The summed E-state index contributed by atoms with van der Waals surface area (Å²) in [5, 5.41) is 9.36. The SMILES string of the molecule is CC(NC(=O)c1nonc1N)c1ncc[nH]1. The van der Waals surface area contributed by atoms with E-state index in [4.69, 9.17) is 5.73 Å². The number of carbonyl (C=O) groups excluding carboxylic acids is 1. The topological polar surface area (TPSA) is 123 Å². The summed E-state index contributed by atoms with van der Waals surface area (Å²) < 4.78 is 4.33. The van der Waals surface area contributed by atoms with E-state index in [2.05, 4.69) is 30.2 Å². The number of hydrogen-bond donors (Lipinski definition) is 3. The third-order valence-corrected chi connectivity index (χ3v) is 2.01. The Morgan fingerprint density at radius 1 is 1.62 bits per heavy atom. The zero-order valence-corrected chi connectivity index (χ0v) is 8.47. The van der Waals surface area contributed by atoms with Gasteiger partial charge in [0.1, 0.15) is 5.82 Å². The summed E-state index contributed by atoms with van der Waals surface area (Å²) >= 11 is 0. The molecule has 0 bridgehead atoms. The number of aromatic nitrogens is 4. The third-order valence-electron chi connectivity index (χ3n) is 2.01. The first-order valence-electron chi connectivity index (χ1n) is 4.56. The molecule has 1 amide bonds. The number of rotatable bonds is 3. The van der Waals surface area contributed by atoms with Gasteiger partial charge in [0, 0.05) is 12.4 Å². The second kappa shape index (κ2) is 4.01. The van der Waals surface area contributed by atoms with E-state index < -0.39 is 5.91 Å². The molecule has 0 fully saturated rings. The first-order chi connectivity index (χ1) is 7.68. The Labute approximate surface area is 90.2 Å². The fourth-order valence-electron chi connectivity index (χ4n) is 1.20. The third kappa shape index (κ3) is 1.85. The minimum Gasteiger partial charge on any atom is -0.379 e. The van der Waals surface area contributed by atoms with Gasteiger partial charge in [0.25, 0.3) is 5.91 Å². The van der Waals surface area contributed by atoms with E-state index in [1.165, 1.54) is 0 Å². The first-order valence-corrected chi connectivity index (χ1v) is 4.56. The molecule has 0 aliphatic carbocycles. The maximum absolute atomic E-state index is 11.6. The van der Waals surface area contributed by atoms with E-state index in [1.807, 2.05) is 0 Å². The Morgan fingerprint density at radius 3 is 3.00 bits per heavy atom. The van der Waals surface area contributed by atoms with Crippen molar-refractivity contribution in [2.75, 3.05) is 5.73 Å². The van der Waals surface area contributed by atoms with Crippen LogP contribution < -0.4 is 11.1 Å². The van der Waals surface area contributed by atoms with Gasteiger partial charge in [-0.15, -0.1) is 0 Å². The predicted octanol–water partition coefficient (Wildman–Crippen LogP) is -0.134. The number of aromatic amines is 1. The molecule has 1 unspecified atom stereocenters. The fourth-order valence-corrected chi connectivity index (χ4v) is 1.20. The van der Waals surface area contributed by atoms with Crippen LogP contribution in [0.15, 0.2) is 17.0 Å². The standard InChI is InChI=1S/C8H10N6O2/c1-4(7-10-2-3-11-7)12-8(15)5-6(9)14-16-13-5/h2-4H,1H3,(H2,9,14)(H,10,11)(H,12,15). The van der Waals surface area contributed by atoms with E-state index in [-0.39, 0.29) is 17.6 Å². The molecule has 2 aromatic rings. The highest BCUT2D eigenvalue weighted by molar-refractivity contribution is 5.96. The van der Waals surface area contributed by atoms with Crippen LogP contribution in [0.2, 0.25) is 0 Å². The summed E-state index contributed by atoms with van der Waals surface area (Å²) in [5.74, 6) is 0.148. The highest BCUT2D eigenvalue weighted by atomic mass is 16.6. The van der Waals surface area contributed by atoms with Crippen LogP contribution >= 0.6 is 0 Å². The molecule has 2 rings (SSSR count). The summed E-state index contributed by atoms with van der Waals surface area (Å²) in [6, 6.07) is -0.279. The molecule has 84 valence electrons. The molecule has 16 heavy (non-hydrogen) atoms. The van der Waals surface area contributed by atoms with Crippen LogP contribution in [-0.4, -0.2) is 26.2 Å². The number of anilines is 1. The quantitative estimate of drug-likeness (QED) is 0.664. The van der Waals surface area contributed by atoms with Gasteiger partial charge in [0.15, 0.2) is 0 Å². The lowest BCUT2D eigenvalue weighted by Gasteiger charge is -2.09. The van der Waals surface area contributed by atoms with E-state index >= 15 is 0 Å². The number of nitrogen functional groups attached to an aromatic ring is 1. The molecule has 2 aromatic heterocycles. The number of nitrogens with two attached hydrogens (primary N) is 1. The number of amides is 1. The molecule has 8 nitrogen and oxygen atoms in total. The number of H-pyrrole nitrogens is 1. The number of nitrogens with one attached hydrogen (secondary N) is 2. The normalized spacial score (nSPS) is 12.3. The Kier molecular flexibility index (Phi) is 2.54. The first kappa shape index (κ1) is 10.1. The zero-order valence-electron chi connectivity index (χ0n) is 8.47. The van der Waals surface area contributed by atoms with Crippen molar-refractivity contribution in [3.63, 3.8) is 0 Å². The second-order valence-electron chi connectivity index (χ2n) is 3.17. The maximum atomic E-state index is 11.6. The highest BCUT2D eigenvalue weighted by Gasteiger charge is 2.19. The smallest absolute Gasteiger partial charge is 0.278 e. The lowest BCUT2D eigenvalue weighted by molar-refractivity contribution is 0.0929. The van der Waals surface area contributed by atoms with E-state index in [1.54, 1.807) is 19.3 Å². The van der Waals surface area contributed by atoms with Gasteiger partial charge in [-0.05, 0) is 17.2 Å². The van der Waals surface area contributed by atoms with Crippen molar-refractivity contribution in [2.24, 2.45) is 0 Å². The molecule has 0 saturated carbocycles. The van der Waals surface area contributed by atoms with Crippen molar-refractivity contribution < 1.29 is 9.42 Å². The van der Waals surface area contributed by atoms with Crippen LogP contribution in [0.1, 0.15) is 29.3 Å². The molecule has 2 heterocycles. The Morgan fingerprint density at radius 2 is 2.44 bits per heavy atom. The Bertz CT molecular complexity index is 476. The van der Waals surface area contributed by atoms with Crippen molar-refractivity contribution in [2.45, 2.75) is 13.0 Å². The van der Waals surface area contributed by atoms with Crippen LogP contribution in [0, 0.1) is 0 Å². The summed E-state index contributed by atoms with van der Waals surface area (Å²) in [7, 11) is 0.